The quantitative estimate of drug-likeness (QED) is 0.763. The van der Waals surface area contributed by atoms with Crippen LogP contribution in [0.1, 0.15) is 27.7 Å². The molecule has 0 unspecified atom stereocenters. The van der Waals surface area contributed by atoms with Gasteiger partial charge >= 0.3 is 0 Å². The number of carbonyl (C=O) groups excluding carboxylic acids is 1. The Balaban J connectivity index is 2.58. The highest BCUT2D eigenvalue weighted by atomic mass is 16.6. The van der Waals surface area contributed by atoms with Crippen molar-refractivity contribution >= 4 is 5.78 Å². The van der Waals surface area contributed by atoms with Crippen LogP contribution in [0.3, 0.4) is 0 Å². The fourth-order valence-corrected chi connectivity index (χ4v) is 2.19. The lowest BCUT2D eigenvalue weighted by atomic mass is 9.84. The van der Waals surface area contributed by atoms with Crippen LogP contribution in [-0.2, 0) is 9.53 Å². The van der Waals surface area contributed by atoms with Crippen molar-refractivity contribution in [1.82, 2.24) is 10.1 Å². The van der Waals surface area contributed by atoms with E-state index < -0.39 is 11.1 Å². The third-order valence-corrected chi connectivity index (χ3v) is 4.38. The summed E-state index contributed by atoms with van der Waals surface area (Å²) in [6, 6.07) is 0. The molecule has 0 radical (unpaired) electrons. The van der Waals surface area contributed by atoms with Gasteiger partial charge in [0.15, 0.2) is 11.6 Å². The predicted octanol–water partition coefficient (Wildman–Crippen LogP) is 1.82. The maximum atomic E-state index is 11.5. The Kier molecular flexibility index (Phi) is 3.19. The fourth-order valence-electron chi connectivity index (χ4n) is 2.19. The second kappa shape index (κ2) is 4.36. The number of hydroxylamine groups is 4. The predicted molar refractivity (Wildman–Crippen MR) is 71.7 cm³/mol. The molecule has 0 aromatic rings. The highest BCUT2D eigenvalue weighted by molar-refractivity contribution is 6.04. The summed E-state index contributed by atoms with van der Waals surface area (Å²) in [6.07, 6.45) is 4.40. The van der Waals surface area contributed by atoms with Crippen LogP contribution in [0.4, 0.5) is 0 Å². The molecule has 0 aromatic carbocycles. The van der Waals surface area contributed by atoms with E-state index in [2.05, 4.69) is 0 Å². The lowest BCUT2D eigenvalue weighted by Crippen LogP contribution is -2.52. The van der Waals surface area contributed by atoms with E-state index in [9.17, 15) is 15.2 Å². The molecule has 2 rings (SSSR count). The van der Waals surface area contributed by atoms with Gasteiger partial charge in [0.25, 0.3) is 0 Å². The van der Waals surface area contributed by atoms with E-state index in [-0.39, 0.29) is 17.4 Å². The molecule has 0 bridgehead atoms. The molecule has 2 aliphatic rings. The molecule has 6 heteroatoms. The molecule has 0 amide bonds. The highest BCUT2D eigenvalue weighted by Crippen LogP contribution is 2.44. The third-order valence-electron chi connectivity index (χ3n) is 4.38. The first kappa shape index (κ1) is 14.6. The minimum atomic E-state index is -0.708. The standard InChI is InChI=1S/C14H20N2O4/c1-13(2)14(3,4)16(19)12(15(13)18)9-6-7-10(17)11(8-9)20-5/h6-8,18-19H,1-5H3. The zero-order valence-electron chi connectivity index (χ0n) is 12.3. The maximum Gasteiger partial charge on any atom is 0.220 e. The van der Waals surface area contributed by atoms with Gasteiger partial charge in [-0.25, -0.2) is 10.1 Å². The number of ether oxygens (including phenoxy) is 1. The molecular formula is C14H20N2O4. The molecule has 110 valence electrons. The molecule has 1 aliphatic carbocycles. The summed E-state index contributed by atoms with van der Waals surface area (Å²) in [7, 11) is 1.40. The van der Waals surface area contributed by atoms with Crippen molar-refractivity contribution in [2.75, 3.05) is 7.11 Å². The average molecular weight is 280 g/mol. The van der Waals surface area contributed by atoms with Crippen LogP contribution in [0.15, 0.2) is 35.4 Å². The topological polar surface area (TPSA) is 73.2 Å². The summed E-state index contributed by atoms with van der Waals surface area (Å²) < 4.78 is 4.99. The van der Waals surface area contributed by atoms with Gasteiger partial charge in [-0.15, -0.1) is 0 Å². The molecule has 1 aliphatic heterocycles. The van der Waals surface area contributed by atoms with Crippen molar-refractivity contribution in [1.29, 1.82) is 0 Å². The van der Waals surface area contributed by atoms with Crippen LogP contribution in [-0.4, -0.2) is 44.5 Å². The Bertz CT molecular complexity index is 521. The van der Waals surface area contributed by atoms with E-state index >= 15 is 0 Å². The molecular weight excluding hydrogens is 260 g/mol. The molecule has 6 nitrogen and oxygen atoms in total. The van der Waals surface area contributed by atoms with E-state index in [0.29, 0.717) is 5.57 Å². The van der Waals surface area contributed by atoms with Gasteiger partial charge < -0.3 is 4.74 Å². The van der Waals surface area contributed by atoms with Gasteiger partial charge in [0.2, 0.25) is 5.78 Å². The number of rotatable bonds is 1. The summed E-state index contributed by atoms with van der Waals surface area (Å²) in [4.78, 5) is 11.5. The Labute approximate surface area is 118 Å². The van der Waals surface area contributed by atoms with E-state index in [4.69, 9.17) is 4.74 Å². The maximum absolute atomic E-state index is 11.5. The van der Waals surface area contributed by atoms with Gasteiger partial charge in [0.1, 0.15) is 0 Å². The van der Waals surface area contributed by atoms with Crippen molar-refractivity contribution in [3.05, 3.63) is 35.4 Å². The first-order valence-corrected chi connectivity index (χ1v) is 6.35. The van der Waals surface area contributed by atoms with E-state index in [1.165, 1.54) is 19.3 Å². The summed E-state index contributed by atoms with van der Waals surface area (Å²) in [5, 5.41) is 22.8. The smallest absolute Gasteiger partial charge is 0.220 e. The number of carbonyl (C=O) groups is 1. The van der Waals surface area contributed by atoms with Crippen LogP contribution in [0.2, 0.25) is 0 Å². The fraction of sp³-hybridized carbons (Fsp3) is 0.500. The van der Waals surface area contributed by atoms with Gasteiger partial charge in [-0.1, -0.05) is 0 Å². The highest BCUT2D eigenvalue weighted by Gasteiger charge is 2.55. The van der Waals surface area contributed by atoms with Gasteiger partial charge in [0.05, 0.1) is 18.2 Å². The minimum Gasteiger partial charge on any atom is -0.493 e. The minimum absolute atomic E-state index is 0.166. The van der Waals surface area contributed by atoms with E-state index in [1.807, 2.05) is 27.7 Å². The van der Waals surface area contributed by atoms with Crippen LogP contribution in [0.25, 0.3) is 0 Å². The lowest BCUT2D eigenvalue weighted by molar-refractivity contribution is -0.125. The van der Waals surface area contributed by atoms with Gasteiger partial charge in [-0.05, 0) is 45.9 Å². The Morgan fingerprint density at radius 3 is 2.00 bits per heavy atom. The number of allylic oxidation sites excluding steroid dienone is 4. The van der Waals surface area contributed by atoms with E-state index in [0.717, 1.165) is 10.1 Å². The molecule has 0 saturated carbocycles. The Morgan fingerprint density at radius 1 is 1.05 bits per heavy atom. The van der Waals surface area contributed by atoms with Crippen LogP contribution >= 0.6 is 0 Å². The monoisotopic (exact) mass is 280 g/mol. The molecule has 2 N–H and O–H groups in total. The Morgan fingerprint density at radius 2 is 1.55 bits per heavy atom. The zero-order chi connectivity index (χ0) is 15.3. The number of methoxy groups -OCH3 is 1. The van der Waals surface area contributed by atoms with Crippen molar-refractivity contribution in [3.8, 4) is 0 Å². The number of nitrogens with zero attached hydrogens (tertiary/aromatic N) is 2. The molecule has 1 fully saturated rings. The second-order valence-corrected chi connectivity index (χ2v) is 5.93. The first-order valence-electron chi connectivity index (χ1n) is 6.35. The molecule has 1 saturated heterocycles. The molecule has 0 spiro atoms. The molecule has 0 aromatic heterocycles. The largest absolute Gasteiger partial charge is 0.493 e. The molecule has 0 atom stereocenters. The third kappa shape index (κ3) is 1.76. The van der Waals surface area contributed by atoms with Crippen LogP contribution < -0.4 is 0 Å². The average Bonchev–Trinajstić information content (AvgIpc) is 2.50. The number of ketones is 1. The van der Waals surface area contributed by atoms with Gasteiger partial charge in [0, 0.05) is 5.57 Å². The van der Waals surface area contributed by atoms with Gasteiger partial charge in [-0.2, -0.15) is 0 Å². The second-order valence-electron chi connectivity index (χ2n) is 5.93. The SMILES string of the molecule is COC1=CC(=C2N(O)C(C)(C)C(C)(C)N2O)C=CC1=O. The Hall–Kier alpha value is -1.79. The molecule has 20 heavy (non-hydrogen) atoms. The zero-order valence-corrected chi connectivity index (χ0v) is 12.3. The normalized spacial score (nSPS) is 24.4. The first-order chi connectivity index (χ1) is 9.14. The van der Waals surface area contributed by atoms with Crippen molar-refractivity contribution in [2.24, 2.45) is 0 Å². The summed E-state index contributed by atoms with van der Waals surface area (Å²) in [6.45, 7) is 7.29. The van der Waals surface area contributed by atoms with E-state index in [1.54, 1.807) is 6.08 Å². The van der Waals surface area contributed by atoms with Crippen molar-refractivity contribution < 1.29 is 19.9 Å². The van der Waals surface area contributed by atoms with Gasteiger partial charge in [-0.3, -0.25) is 15.2 Å². The molecule has 1 heterocycles. The number of hydrogen-bond donors (Lipinski definition) is 2. The number of hydrogen-bond acceptors (Lipinski definition) is 6. The van der Waals surface area contributed by atoms with Crippen LogP contribution in [0, 0.1) is 0 Å². The summed E-state index contributed by atoms with van der Waals surface area (Å²) in [5.41, 5.74) is -0.911. The van der Waals surface area contributed by atoms with Crippen molar-refractivity contribution in [2.45, 2.75) is 38.8 Å². The summed E-state index contributed by atoms with van der Waals surface area (Å²) >= 11 is 0. The van der Waals surface area contributed by atoms with Crippen molar-refractivity contribution in [3.63, 3.8) is 0 Å². The lowest BCUT2D eigenvalue weighted by Gasteiger charge is -2.37. The van der Waals surface area contributed by atoms with Crippen LogP contribution in [0.5, 0.6) is 0 Å². The summed E-state index contributed by atoms with van der Waals surface area (Å²) in [5.74, 6) is 0.139.